The Hall–Kier alpha value is -1.05. The molecule has 0 radical (unpaired) electrons. The number of nitrogens with one attached hydrogen (secondary N) is 1. The van der Waals surface area contributed by atoms with Crippen LogP contribution in [0.1, 0.15) is 13.8 Å². The maximum Gasteiger partial charge on any atom is 0.183 e. The Morgan fingerprint density at radius 1 is 1.25 bits per heavy atom. The molecule has 1 aromatic carbocycles. The van der Waals surface area contributed by atoms with E-state index in [9.17, 15) is 22.3 Å². The number of aliphatic hydroxyl groups is 1. The molecule has 0 aliphatic rings. The number of halogens is 2. The van der Waals surface area contributed by atoms with Crippen molar-refractivity contribution in [2.24, 2.45) is 5.92 Å². The van der Waals surface area contributed by atoms with Gasteiger partial charge in [0.1, 0.15) is 16.5 Å². The van der Waals surface area contributed by atoms with Crippen molar-refractivity contribution >= 4 is 9.84 Å². The number of sulfone groups is 1. The van der Waals surface area contributed by atoms with Crippen molar-refractivity contribution in [1.82, 2.24) is 5.32 Å². The molecule has 0 amide bonds. The van der Waals surface area contributed by atoms with Crippen molar-refractivity contribution in [3.63, 3.8) is 0 Å². The molecule has 1 unspecified atom stereocenters. The Morgan fingerprint density at radius 2 is 1.90 bits per heavy atom. The van der Waals surface area contributed by atoms with Gasteiger partial charge in [0.15, 0.2) is 9.84 Å². The van der Waals surface area contributed by atoms with Crippen molar-refractivity contribution in [1.29, 1.82) is 0 Å². The lowest BCUT2D eigenvalue weighted by Gasteiger charge is -2.14. The lowest BCUT2D eigenvalue weighted by molar-refractivity contribution is 0.192. The Morgan fingerprint density at radius 3 is 2.50 bits per heavy atom. The van der Waals surface area contributed by atoms with Gasteiger partial charge in [-0.05, 0) is 30.7 Å². The van der Waals surface area contributed by atoms with Gasteiger partial charge in [-0.2, -0.15) is 0 Å². The van der Waals surface area contributed by atoms with E-state index in [4.69, 9.17) is 0 Å². The average Bonchev–Trinajstić information content (AvgIpc) is 2.31. The highest BCUT2D eigenvalue weighted by molar-refractivity contribution is 7.91. The summed E-state index contributed by atoms with van der Waals surface area (Å²) in [7, 11) is -4.07. The van der Waals surface area contributed by atoms with Gasteiger partial charge in [-0.15, -0.1) is 0 Å². The molecular formula is C13H19F2NO3S. The van der Waals surface area contributed by atoms with Gasteiger partial charge < -0.3 is 10.4 Å². The van der Waals surface area contributed by atoms with Gasteiger partial charge in [-0.3, -0.25) is 0 Å². The molecule has 0 bridgehead atoms. The van der Waals surface area contributed by atoms with Gasteiger partial charge in [-0.1, -0.05) is 13.8 Å². The minimum atomic E-state index is -4.07. The Balaban J connectivity index is 2.72. The van der Waals surface area contributed by atoms with Gasteiger partial charge in [0, 0.05) is 6.54 Å². The lowest BCUT2D eigenvalue weighted by atomic mass is 10.2. The molecule has 1 atom stereocenters. The summed E-state index contributed by atoms with van der Waals surface area (Å²) < 4.78 is 50.3. The second kappa shape index (κ2) is 7.10. The van der Waals surface area contributed by atoms with Crippen molar-refractivity contribution < 1.29 is 22.3 Å². The molecule has 7 heteroatoms. The minimum absolute atomic E-state index is 0.0777. The molecule has 1 aromatic rings. The molecular weight excluding hydrogens is 288 g/mol. The van der Waals surface area contributed by atoms with Crippen LogP contribution in [0, 0.1) is 17.6 Å². The van der Waals surface area contributed by atoms with Crippen molar-refractivity contribution in [3.05, 3.63) is 29.8 Å². The van der Waals surface area contributed by atoms with E-state index < -0.39 is 38.2 Å². The van der Waals surface area contributed by atoms with E-state index in [0.717, 1.165) is 12.1 Å². The summed E-state index contributed by atoms with van der Waals surface area (Å²) in [6.45, 7) is 4.65. The maximum absolute atomic E-state index is 13.4. The summed E-state index contributed by atoms with van der Waals surface area (Å²) in [6.07, 6.45) is -1.18. The fraction of sp³-hybridized carbons (Fsp3) is 0.538. The SMILES string of the molecule is CC(C)CNCC(O)CS(=O)(=O)c1cc(F)ccc1F. The van der Waals surface area contributed by atoms with Crippen molar-refractivity contribution in [2.45, 2.75) is 24.8 Å². The molecule has 4 nitrogen and oxygen atoms in total. The fourth-order valence-electron chi connectivity index (χ4n) is 1.66. The second-order valence-electron chi connectivity index (χ2n) is 5.06. The zero-order valence-corrected chi connectivity index (χ0v) is 12.3. The molecule has 0 aromatic heterocycles. The first-order chi connectivity index (χ1) is 9.22. The third-order valence-corrected chi connectivity index (χ3v) is 4.38. The van der Waals surface area contributed by atoms with E-state index in [1.807, 2.05) is 13.8 Å². The number of hydrogen-bond donors (Lipinski definition) is 2. The molecule has 0 aliphatic carbocycles. The Labute approximate surface area is 117 Å². The predicted octanol–water partition coefficient (Wildman–Crippen LogP) is 1.34. The first kappa shape index (κ1) is 17.0. The molecule has 114 valence electrons. The van der Waals surface area contributed by atoms with Crippen LogP contribution in [0.2, 0.25) is 0 Å². The first-order valence-electron chi connectivity index (χ1n) is 6.29. The molecule has 0 fully saturated rings. The van der Waals surface area contributed by atoms with Crippen LogP contribution in [0.15, 0.2) is 23.1 Å². The van der Waals surface area contributed by atoms with Crippen LogP contribution in [0.25, 0.3) is 0 Å². The van der Waals surface area contributed by atoms with Crippen LogP contribution in [0.5, 0.6) is 0 Å². The van der Waals surface area contributed by atoms with Crippen LogP contribution < -0.4 is 5.32 Å². The molecule has 0 saturated heterocycles. The summed E-state index contributed by atoms with van der Waals surface area (Å²) in [4.78, 5) is -0.722. The van der Waals surface area contributed by atoms with Crippen LogP contribution in [0.3, 0.4) is 0 Å². The summed E-state index contributed by atoms with van der Waals surface area (Å²) in [5, 5.41) is 12.6. The number of benzene rings is 1. The first-order valence-corrected chi connectivity index (χ1v) is 7.94. The van der Waals surface area contributed by atoms with E-state index in [-0.39, 0.29) is 6.54 Å². The van der Waals surface area contributed by atoms with E-state index in [2.05, 4.69) is 5.32 Å². The second-order valence-corrected chi connectivity index (χ2v) is 7.06. The number of rotatable bonds is 7. The maximum atomic E-state index is 13.4. The standard InChI is InChI=1S/C13H19F2NO3S/c1-9(2)6-16-7-11(17)8-20(18,19)13-5-10(14)3-4-12(13)15/h3-5,9,11,16-17H,6-8H2,1-2H3. The van der Waals surface area contributed by atoms with Crippen LogP contribution in [-0.4, -0.2) is 38.5 Å². The van der Waals surface area contributed by atoms with Gasteiger partial charge in [0.2, 0.25) is 0 Å². The van der Waals surface area contributed by atoms with Crippen molar-refractivity contribution in [3.8, 4) is 0 Å². The van der Waals surface area contributed by atoms with Crippen LogP contribution in [-0.2, 0) is 9.84 Å². The minimum Gasteiger partial charge on any atom is -0.391 e. The highest BCUT2D eigenvalue weighted by Gasteiger charge is 2.23. The largest absolute Gasteiger partial charge is 0.391 e. The molecule has 2 N–H and O–H groups in total. The summed E-state index contributed by atoms with van der Waals surface area (Å²) in [5.74, 6) is -2.15. The Kier molecular flexibility index (Phi) is 6.04. The van der Waals surface area contributed by atoms with E-state index in [0.29, 0.717) is 18.5 Å². The zero-order chi connectivity index (χ0) is 15.3. The van der Waals surface area contributed by atoms with Gasteiger partial charge in [0.05, 0.1) is 11.9 Å². The molecule has 0 saturated carbocycles. The third kappa shape index (κ3) is 5.15. The summed E-state index contributed by atoms with van der Waals surface area (Å²) in [6, 6.07) is 2.22. The van der Waals surface area contributed by atoms with Gasteiger partial charge >= 0.3 is 0 Å². The fourth-order valence-corrected chi connectivity index (χ4v) is 3.12. The van der Waals surface area contributed by atoms with E-state index >= 15 is 0 Å². The quantitative estimate of drug-likeness (QED) is 0.798. The molecule has 0 aliphatic heterocycles. The zero-order valence-electron chi connectivity index (χ0n) is 11.4. The number of hydrogen-bond acceptors (Lipinski definition) is 4. The monoisotopic (exact) mass is 307 g/mol. The number of aliphatic hydroxyl groups excluding tert-OH is 1. The van der Waals surface area contributed by atoms with Gasteiger partial charge in [0.25, 0.3) is 0 Å². The Bertz CT molecular complexity index is 547. The van der Waals surface area contributed by atoms with E-state index in [1.54, 1.807) is 0 Å². The lowest BCUT2D eigenvalue weighted by Crippen LogP contribution is -2.34. The topological polar surface area (TPSA) is 66.4 Å². The molecule has 20 heavy (non-hydrogen) atoms. The molecule has 1 rings (SSSR count). The third-order valence-electron chi connectivity index (χ3n) is 2.57. The highest BCUT2D eigenvalue weighted by atomic mass is 32.2. The average molecular weight is 307 g/mol. The predicted molar refractivity (Wildman–Crippen MR) is 72.1 cm³/mol. The van der Waals surface area contributed by atoms with E-state index in [1.165, 1.54) is 0 Å². The van der Waals surface area contributed by atoms with Crippen LogP contribution >= 0.6 is 0 Å². The molecule has 0 heterocycles. The summed E-state index contributed by atoms with van der Waals surface area (Å²) >= 11 is 0. The molecule has 0 spiro atoms. The summed E-state index contributed by atoms with van der Waals surface area (Å²) in [5.41, 5.74) is 0. The van der Waals surface area contributed by atoms with Gasteiger partial charge in [-0.25, -0.2) is 17.2 Å². The highest BCUT2D eigenvalue weighted by Crippen LogP contribution is 2.18. The van der Waals surface area contributed by atoms with Crippen molar-refractivity contribution in [2.75, 3.05) is 18.8 Å². The normalized spacial score (nSPS) is 13.7. The smallest absolute Gasteiger partial charge is 0.183 e. The van der Waals surface area contributed by atoms with Crippen LogP contribution in [0.4, 0.5) is 8.78 Å².